The van der Waals surface area contributed by atoms with Crippen LogP contribution in [0.1, 0.15) is 67.6 Å². The summed E-state index contributed by atoms with van der Waals surface area (Å²) in [4.78, 5) is 35.5. The Morgan fingerprint density at radius 1 is 1.14 bits per heavy atom. The molecule has 0 saturated heterocycles. The number of amides is 2. The molecule has 1 fully saturated rings. The Morgan fingerprint density at radius 3 is 2.61 bits per heavy atom. The van der Waals surface area contributed by atoms with E-state index in [0.29, 0.717) is 17.4 Å². The Balaban J connectivity index is 1.53. The number of hydrogen-bond acceptors (Lipinski definition) is 5. The van der Waals surface area contributed by atoms with E-state index in [-0.39, 0.29) is 17.7 Å². The number of nitrogens with one attached hydrogen (secondary N) is 1. The molecule has 7 nitrogen and oxygen atoms in total. The lowest BCUT2D eigenvalue weighted by atomic mass is 9.88. The number of hydrogen-bond donors (Lipinski definition) is 1. The highest BCUT2D eigenvalue weighted by Gasteiger charge is 2.24. The topological polar surface area (TPSA) is 70.5 Å². The molecule has 0 bridgehead atoms. The van der Waals surface area contributed by atoms with Crippen molar-refractivity contribution in [3.63, 3.8) is 0 Å². The summed E-state index contributed by atoms with van der Waals surface area (Å²) < 4.78 is 2.12. The van der Waals surface area contributed by atoms with E-state index in [4.69, 9.17) is 4.98 Å². The smallest absolute Gasteiger partial charge is 0.268 e. The van der Waals surface area contributed by atoms with Gasteiger partial charge in [0, 0.05) is 26.1 Å². The summed E-state index contributed by atoms with van der Waals surface area (Å²) in [5.41, 5.74) is 2.90. The molecule has 0 radical (unpaired) electrons. The van der Waals surface area contributed by atoms with Crippen molar-refractivity contribution < 1.29 is 9.59 Å². The third kappa shape index (κ3) is 6.34. The van der Waals surface area contributed by atoms with Crippen LogP contribution < -0.4 is 5.32 Å². The number of benzene rings is 1. The van der Waals surface area contributed by atoms with Crippen molar-refractivity contribution >= 4 is 40.1 Å². The normalized spacial score (nSPS) is 14.4. The van der Waals surface area contributed by atoms with Crippen molar-refractivity contribution in [3.05, 3.63) is 46.2 Å². The fourth-order valence-corrected chi connectivity index (χ4v) is 5.79. The molecule has 4 rings (SSSR count). The molecule has 1 N–H and O–H groups in total. The summed E-state index contributed by atoms with van der Waals surface area (Å²) in [7, 11) is 1.90. The van der Waals surface area contributed by atoms with Crippen LogP contribution in [-0.4, -0.2) is 57.8 Å². The zero-order valence-corrected chi connectivity index (χ0v) is 22.6. The molecular formula is C28H39N5O2S. The molecule has 2 aromatic heterocycles. The SMILES string of the molecule is CCN(CC)CCCn1c(NC(=O)c2cccs2)nc2cc(CN(C)C(=O)C3CCCCC3)ccc21. The van der Waals surface area contributed by atoms with E-state index >= 15 is 0 Å². The van der Waals surface area contributed by atoms with E-state index in [0.717, 1.165) is 74.9 Å². The lowest BCUT2D eigenvalue weighted by Gasteiger charge is -2.26. The average molecular weight is 510 g/mol. The Kier molecular flexibility index (Phi) is 9.15. The molecule has 1 saturated carbocycles. The average Bonchev–Trinajstić information content (AvgIpc) is 3.55. The van der Waals surface area contributed by atoms with Gasteiger partial charge in [-0.25, -0.2) is 4.98 Å². The molecule has 194 valence electrons. The van der Waals surface area contributed by atoms with Gasteiger partial charge in [0.25, 0.3) is 5.91 Å². The van der Waals surface area contributed by atoms with E-state index in [1.54, 1.807) is 0 Å². The number of carbonyl (C=O) groups excluding carboxylic acids is 2. The number of thiophene rings is 1. The summed E-state index contributed by atoms with van der Waals surface area (Å²) in [6, 6.07) is 9.92. The summed E-state index contributed by atoms with van der Waals surface area (Å²) in [6.07, 6.45) is 6.53. The fraction of sp³-hybridized carbons (Fsp3) is 0.536. The van der Waals surface area contributed by atoms with Gasteiger partial charge in [-0.3, -0.25) is 14.9 Å². The molecule has 3 aromatic rings. The van der Waals surface area contributed by atoms with Gasteiger partial charge in [-0.05, 0) is 68.0 Å². The molecule has 2 amide bonds. The van der Waals surface area contributed by atoms with E-state index < -0.39 is 0 Å². The largest absolute Gasteiger partial charge is 0.341 e. The van der Waals surface area contributed by atoms with Gasteiger partial charge in [0.1, 0.15) is 0 Å². The molecule has 0 spiro atoms. The summed E-state index contributed by atoms with van der Waals surface area (Å²) in [5.74, 6) is 0.854. The van der Waals surface area contributed by atoms with E-state index in [2.05, 4.69) is 46.8 Å². The van der Waals surface area contributed by atoms with Crippen molar-refractivity contribution in [2.24, 2.45) is 5.92 Å². The summed E-state index contributed by atoms with van der Waals surface area (Å²) in [6.45, 7) is 8.75. The van der Waals surface area contributed by atoms with Gasteiger partial charge in [0.05, 0.1) is 15.9 Å². The lowest BCUT2D eigenvalue weighted by molar-refractivity contribution is -0.135. The highest BCUT2D eigenvalue weighted by atomic mass is 32.1. The van der Waals surface area contributed by atoms with Crippen LogP contribution in [0.25, 0.3) is 11.0 Å². The number of aromatic nitrogens is 2. The third-order valence-corrected chi connectivity index (χ3v) is 8.15. The maximum absolute atomic E-state index is 12.9. The standard InChI is InChI=1S/C28H39N5O2S/c1-4-32(5-2)16-10-17-33-24-15-14-21(20-31(3)27(35)22-11-7-6-8-12-22)19-23(24)29-28(33)30-26(34)25-13-9-18-36-25/h9,13-15,18-19,22H,4-8,10-12,16-17,20H2,1-3H3,(H,29,30,34). The maximum Gasteiger partial charge on any atom is 0.268 e. The van der Waals surface area contributed by atoms with Crippen molar-refractivity contribution in [3.8, 4) is 0 Å². The van der Waals surface area contributed by atoms with Crippen molar-refractivity contribution in [1.82, 2.24) is 19.4 Å². The molecule has 0 atom stereocenters. The first kappa shape index (κ1) is 26.4. The van der Waals surface area contributed by atoms with Gasteiger partial charge in [0.15, 0.2) is 0 Å². The molecule has 8 heteroatoms. The first-order valence-electron chi connectivity index (χ1n) is 13.3. The second kappa shape index (κ2) is 12.5. The van der Waals surface area contributed by atoms with Crippen LogP contribution in [0.5, 0.6) is 0 Å². The van der Waals surface area contributed by atoms with Gasteiger partial charge in [-0.1, -0.05) is 45.2 Å². The van der Waals surface area contributed by atoms with Crippen LogP contribution in [0.2, 0.25) is 0 Å². The van der Waals surface area contributed by atoms with Gasteiger partial charge < -0.3 is 14.4 Å². The number of imidazole rings is 1. The van der Waals surface area contributed by atoms with Crippen LogP contribution in [0.4, 0.5) is 5.95 Å². The van der Waals surface area contributed by atoms with Crippen LogP contribution in [-0.2, 0) is 17.9 Å². The minimum Gasteiger partial charge on any atom is -0.341 e. The Labute approximate surface area is 218 Å². The molecule has 2 heterocycles. The Hall–Kier alpha value is -2.71. The van der Waals surface area contributed by atoms with Crippen molar-refractivity contribution in [2.45, 2.75) is 65.5 Å². The fourth-order valence-electron chi connectivity index (χ4n) is 5.17. The van der Waals surface area contributed by atoms with Crippen LogP contribution in [0, 0.1) is 5.92 Å². The van der Waals surface area contributed by atoms with Gasteiger partial charge >= 0.3 is 0 Å². The van der Waals surface area contributed by atoms with Gasteiger partial charge in [0.2, 0.25) is 11.9 Å². The van der Waals surface area contributed by atoms with Crippen LogP contribution in [0.15, 0.2) is 35.7 Å². The molecule has 0 unspecified atom stereocenters. The number of fused-ring (bicyclic) bond motifs is 1. The van der Waals surface area contributed by atoms with E-state index in [9.17, 15) is 9.59 Å². The first-order chi connectivity index (χ1) is 17.5. The Morgan fingerprint density at radius 2 is 1.92 bits per heavy atom. The predicted molar refractivity (Wildman–Crippen MR) is 147 cm³/mol. The van der Waals surface area contributed by atoms with E-state index in [1.807, 2.05) is 29.5 Å². The second-order valence-electron chi connectivity index (χ2n) is 9.75. The number of carbonyl (C=O) groups is 2. The number of nitrogens with zero attached hydrogens (tertiary/aromatic N) is 4. The molecule has 1 aliphatic rings. The van der Waals surface area contributed by atoms with Crippen LogP contribution >= 0.6 is 11.3 Å². The molecular weight excluding hydrogens is 470 g/mol. The molecule has 36 heavy (non-hydrogen) atoms. The quantitative estimate of drug-likeness (QED) is 0.364. The minimum absolute atomic E-state index is 0.136. The minimum atomic E-state index is -0.136. The first-order valence-corrected chi connectivity index (χ1v) is 14.2. The molecule has 0 aliphatic heterocycles. The zero-order valence-electron chi connectivity index (χ0n) is 21.8. The molecule has 1 aliphatic carbocycles. The number of rotatable bonds is 11. The van der Waals surface area contributed by atoms with Crippen molar-refractivity contribution in [1.29, 1.82) is 0 Å². The number of aryl methyl sites for hydroxylation is 1. The zero-order chi connectivity index (χ0) is 25.5. The van der Waals surface area contributed by atoms with Crippen LogP contribution in [0.3, 0.4) is 0 Å². The second-order valence-corrected chi connectivity index (χ2v) is 10.7. The van der Waals surface area contributed by atoms with E-state index in [1.165, 1.54) is 17.8 Å². The monoisotopic (exact) mass is 509 g/mol. The highest BCUT2D eigenvalue weighted by molar-refractivity contribution is 7.12. The number of anilines is 1. The lowest BCUT2D eigenvalue weighted by Crippen LogP contribution is -2.33. The maximum atomic E-state index is 12.9. The highest BCUT2D eigenvalue weighted by Crippen LogP contribution is 2.27. The van der Waals surface area contributed by atoms with Gasteiger partial charge in [-0.15, -0.1) is 11.3 Å². The summed E-state index contributed by atoms with van der Waals surface area (Å²) in [5, 5.41) is 4.94. The predicted octanol–water partition coefficient (Wildman–Crippen LogP) is 5.62. The molecule has 1 aromatic carbocycles. The van der Waals surface area contributed by atoms with Gasteiger partial charge in [-0.2, -0.15) is 0 Å². The van der Waals surface area contributed by atoms with Crippen molar-refractivity contribution in [2.75, 3.05) is 32.0 Å². The Bertz CT molecular complexity index is 1150. The third-order valence-electron chi connectivity index (χ3n) is 7.28. The summed E-state index contributed by atoms with van der Waals surface area (Å²) >= 11 is 1.42.